The first-order valence-corrected chi connectivity index (χ1v) is 7.31. The molecule has 8 atom stereocenters. The fourth-order valence-electron chi connectivity index (χ4n) is 4.85. The summed E-state index contributed by atoms with van der Waals surface area (Å²) < 4.78 is 0. The van der Waals surface area contributed by atoms with Gasteiger partial charge in [-0.1, -0.05) is 31.9 Å². The third-order valence-electron chi connectivity index (χ3n) is 5.16. The lowest BCUT2D eigenvalue weighted by molar-refractivity contribution is -0.128. The minimum Gasteiger partial charge on any atom is -0.298 e. The summed E-state index contributed by atoms with van der Waals surface area (Å²) in [5.74, 6) is 2.63. The van der Waals surface area contributed by atoms with Crippen molar-refractivity contribution < 1.29 is 9.59 Å². The predicted molar refractivity (Wildman–Crippen MR) is 61.0 cm³/mol. The van der Waals surface area contributed by atoms with E-state index in [4.69, 9.17) is 0 Å². The molecule has 80 valence electrons. The average Bonchev–Trinajstić information content (AvgIpc) is 2.85. The Morgan fingerprint density at radius 2 is 1.27 bits per heavy atom. The van der Waals surface area contributed by atoms with Crippen molar-refractivity contribution >= 4 is 43.4 Å². The fraction of sp³-hybridized carbons (Fsp3) is 0.818. The maximum atomic E-state index is 12.1. The smallest absolute Gasteiger partial charge is 0.150 e. The molecule has 0 aliphatic heterocycles. The molecule has 0 aromatic rings. The number of hydrogen-bond acceptors (Lipinski definition) is 2. The summed E-state index contributed by atoms with van der Waals surface area (Å²) in [5, 5.41) is 0. The lowest BCUT2D eigenvalue weighted by Crippen LogP contribution is -2.29. The first-order valence-electron chi connectivity index (χ1n) is 5.48. The zero-order valence-electron chi connectivity index (χ0n) is 7.90. The summed E-state index contributed by atoms with van der Waals surface area (Å²) in [6, 6.07) is 0. The number of carbonyl (C=O) groups excluding carboxylic acids is 2. The van der Waals surface area contributed by atoms with Crippen molar-refractivity contribution in [2.45, 2.75) is 16.1 Å². The molecule has 0 saturated heterocycles. The van der Waals surface area contributed by atoms with Crippen LogP contribution in [0.15, 0.2) is 0 Å². The lowest BCUT2D eigenvalue weighted by Gasteiger charge is -2.25. The van der Waals surface area contributed by atoms with Gasteiger partial charge in [0.15, 0.2) is 11.6 Å². The van der Waals surface area contributed by atoms with Crippen LogP contribution in [0.2, 0.25) is 0 Å². The molecule has 4 rings (SSSR count). The molecule has 0 aromatic carbocycles. The van der Waals surface area contributed by atoms with Gasteiger partial charge in [-0.3, -0.25) is 9.59 Å². The molecule has 4 heteroatoms. The van der Waals surface area contributed by atoms with Gasteiger partial charge in [0.1, 0.15) is 0 Å². The van der Waals surface area contributed by atoms with E-state index < -0.39 is 0 Å². The van der Waals surface area contributed by atoms with Crippen LogP contribution in [0.3, 0.4) is 0 Å². The summed E-state index contributed by atoms with van der Waals surface area (Å²) in [5.41, 5.74) is 0. The average molecular weight is 334 g/mol. The molecule has 0 N–H and O–H groups in total. The van der Waals surface area contributed by atoms with Crippen molar-refractivity contribution in [3.63, 3.8) is 0 Å². The van der Waals surface area contributed by atoms with Gasteiger partial charge in [-0.25, -0.2) is 0 Å². The standard InChI is InChI=1S/C11H10Br2O2/c12-8-4-2-1-3-5(4)9(13)11(15)7(3)6(2)10(8)14/h2-9H,1H2/t2-,3-,4-,5+,6-,7+,8-,9-/m1/s1. The summed E-state index contributed by atoms with van der Waals surface area (Å²) in [6.45, 7) is 0. The van der Waals surface area contributed by atoms with Crippen molar-refractivity contribution in [3.8, 4) is 0 Å². The van der Waals surface area contributed by atoms with Crippen LogP contribution in [-0.2, 0) is 9.59 Å². The lowest BCUT2D eigenvalue weighted by atomic mass is 9.79. The molecular weight excluding hydrogens is 324 g/mol. The zero-order valence-corrected chi connectivity index (χ0v) is 11.1. The van der Waals surface area contributed by atoms with E-state index in [1.54, 1.807) is 0 Å². The van der Waals surface area contributed by atoms with Crippen LogP contribution >= 0.6 is 31.9 Å². The Balaban J connectivity index is 1.93. The molecule has 0 amide bonds. The largest absolute Gasteiger partial charge is 0.298 e. The van der Waals surface area contributed by atoms with Crippen LogP contribution in [0.4, 0.5) is 0 Å². The van der Waals surface area contributed by atoms with Crippen LogP contribution in [0.1, 0.15) is 6.42 Å². The molecule has 4 saturated carbocycles. The zero-order chi connectivity index (χ0) is 10.5. The molecule has 0 unspecified atom stereocenters. The highest BCUT2D eigenvalue weighted by Gasteiger charge is 2.74. The van der Waals surface area contributed by atoms with Crippen molar-refractivity contribution in [2.24, 2.45) is 35.5 Å². The van der Waals surface area contributed by atoms with Crippen LogP contribution in [-0.4, -0.2) is 21.2 Å². The van der Waals surface area contributed by atoms with Gasteiger partial charge in [0.2, 0.25) is 0 Å². The number of fused-ring (bicyclic) bond motifs is 2. The minimum absolute atomic E-state index is 0.0284. The van der Waals surface area contributed by atoms with Crippen molar-refractivity contribution in [1.82, 2.24) is 0 Å². The Hall–Kier alpha value is 0.300. The number of rotatable bonds is 0. The highest BCUT2D eigenvalue weighted by atomic mass is 79.9. The molecule has 2 nitrogen and oxygen atoms in total. The third kappa shape index (κ3) is 0.791. The van der Waals surface area contributed by atoms with Gasteiger partial charge < -0.3 is 0 Å². The van der Waals surface area contributed by atoms with E-state index in [2.05, 4.69) is 31.9 Å². The SMILES string of the molecule is O=C1[C@@H]2[C@@H]3C[C@H]4[C@@H]2C(=O)[C@H](Br)[C@@H]4[C@@H]3[C@H]1Br. The van der Waals surface area contributed by atoms with Gasteiger partial charge in [0, 0.05) is 11.8 Å². The second-order valence-electron chi connectivity index (χ2n) is 5.38. The maximum absolute atomic E-state index is 12.1. The summed E-state index contributed by atoms with van der Waals surface area (Å²) in [4.78, 5) is 24.2. The normalized spacial score (nSPS) is 64.7. The molecule has 4 fully saturated rings. The molecule has 4 aliphatic rings. The maximum Gasteiger partial charge on any atom is 0.150 e. The van der Waals surface area contributed by atoms with Gasteiger partial charge in [-0.15, -0.1) is 0 Å². The number of halogens is 2. The number of carbonyl (C=O) groups is 2. The van der Waals surface area contributed by atoms with Crippen LogP contribution in [0, 0.1) is 35.5 Å². The van der Waals surface area contributed by atoms with E-state index in [1.807, 2.05) is 0 Å². The predicted octanol–water partition coefficient (Wildman–Crippen LogP) is 1.79. The first-order chi connectivity index (χ1) is 7.13. The number of alkyl halides is 2. The van der Waals surface area contributed by atoms with E-state index in [-0.39, 0.29) is 21.5 Å². The van der Waals surface area contributed by atoms with E-state index >= 15 is 0 Å². The third-order valence-corrected chi connectivity index (χ3v) is 7.29. The van der Waals surface area contributed by atoms with E-state index in [1.165, 1.54) is 0 Å². The minimum atomic E-state index is 0.0284. The topological polar surface area (TPSA) is 34.1 Å². The van der Waals surface area contributed by atoms with Crippen LogP contribution < -0.4 is 0 Å². The number of Topliss-reactive ketones (excluding diaryl/α,β-unsaturated/α-hetero) is 2. The van der Waals surface area contributed by atoms with Crippen molar-refractivity contribution in [2.75, 3.05) is 0 Å². The second-order valence-corrected chi connectivity index (χ2v) is 7.35. The quantitative estimate of drug-likeness (QED) is 0.633. The Bertz CT molecular complexity index is 358. The Labute approximate surface area is 104 Å². The highest BCUT2D eigenvalue weighted by molar-refractivity contribution is 9.10. The highest BCUT2D eigenvalue weighted by Crippen LogP contribution is 2.70. The van der Waals surface area contributed by atoms with Gasteiger partial charge in [0.25, 0.3) is 0 Å². The summed E-state index contributed by atoms with van der Waals surface area (Å²) >= 11 is 7.09. The van der Waals surface area contributed by atoms with E-state index in [0.717, 1.165) is 6.42 Å². The fourth-order valence-corrected chi connectivity index (χ4v) is 6.95. The molecule has 2 bridgehead atoms. The molecule has 4 aliphatic carbocycles. The van der Waals surface area contributed by atoms with Gasteiger partial charge in [-0.05, 0) is 30.1 Å². The second kappa shape index (κ2) is 2.58. The van der Waals surface area contributed by atoms with Crippen LogP contribution in [0.25, 0.3) is 0 Å². The van der Waals surface area contributed by atoms with E-state index in [0.29, 0.717) is 35.2 Å². The summed E-state index contributed by atoms with van der Waals surface area (Å²) in [6.07, 6.45) is 1.12. The molecule has 0 spiro atoms. The van der Waals surface area contributed by atoms with Crippen LogP contribution in [0.5, 0.6) is 0 Å². The van der Waals surface area contributed by atoms with Crippen molar-refractivity contribution in [3.05, 3.63) is 0 Å². The molecule has 0 aromatic heterocycles. The monoisotopic (exact) mass is 332 g/mol. The summed E-state index contributed by atoms with van der Waals surface area (Å²) in [7, 11) is 0. The van der Waals surface area contributed by atoms with Gasteiger partial charge in [0.05, 0.1) is 9.65 Å². The van der Waals surface area contributed by atoms with E-state index in [9.17, 15) is 9.59 Å². The van der Waals surface area contributed by atoms with Gasteiger partial charge in [-0.2, -0.15) is 0 Å². The Morgan fingerprint density at radius 1 is 0.867 bits per heavy atom. The molecule has 0 radical (unpaired) electrons. The van der Waals surface area contributed by atoms with Gasteiger partial charge >= 0.3 is 0 Å². The first kappa shape index (κ1) is 9.34. The number of hydrogen-bond donors (Lipinski definition) is 0. The molecular formula is C11H10Br2O2. The molecule has 0 heterocycles. The molecule has 15 heavy (non-hydrogen) atoms. The Kier molecular flexibility index (Phi) is 1.61. The Morgan fingerprint density at radius 3 is 1.67 bits per heavy atom. The number of ketones is 2. The van der Waals surface area contributed by atoms with Crippen molar-refractivity contribution in [1.29, 1.82) is 0 Å².